The van der Waals surface area contributed by atoms with Crippen LogP contribution in [0.5, 0.6) is 0 Å². The van der Waals surface area contributed by atoms with Crippen molar-refractivity contribution in [2.75, 3.05) is 107 Å². The molecule has 0 aromatic rings. The van der Waals surface area contributed by atoms with E-state index in [2.05, 4.69) is 25.3 Å². The number of thiocarbonyl (C=S) groups is 2. The van der Waals surface area contributed by atoms with Gasteiger partial charge < -0.3 is 55.3 Å². The van der Waals surface area contributed by atoms with Gasteiger partial charge in [-0.15, -0.1) is 0 Å². The summed E-state index contributed by atoms with van der Waals surface area (Å²) in [7, 11) is 4.43. The maximum Gasteiger partial charge on any atom is 0.500 e. The summed E-state index contributed by atoms with van der Waals surface area (Å²) in [6, 6.07) is 1.33. The van der Waals surface area contributed by atoms with E-state index in [1.54, 1.807) is 42.7 Å². The Hall–Kier alpha value is 0.194. The van der Waals surface area contributed by atoms with Crippen LogP contribution < -0.4 is 0 Å². The van der Waals surface area contributed by atoms with Crippen LogP contribution >= 0.6 is 49.7 Å². The van der Waals surface area contributed by atoms with Crippen molar-refractivity contribution in [3.05, 3.63) is 0 Å². The number of nitrogens with zero attached hydrogens (tertiary/aromatic N) is 2. The molecule has 0 spiro atoms. The van der Waals surface area contributed by atoms with Crippen LogP contribution in [0.3, 0.4) is 0 Å². The summed E-state index contributed by atoms with van der Waals surface area (Å²) in [5.41, 5.74) is 0. The third-order valence-corrected chi connectivity index (χ3v) is 13.9. The number of hydrogen-bond donors (Lipinski definition) is 2. The predicted molar refractivity (Wildman–Crippen MR) is 180 cm³/mol. The van der Waals surface area contributed by atoms with Crippen molar-refractivity contribution in [3.63, 3.8) is 0 Å². The second-order valence-electron chi connectivity index (χ2n) is 9.30. The zero-order valence-electron chi connectivity index (χ0n) is 25.7. The molecule has 0 N–H and O–H groups in total. The Morgan fingerprint density at radius 3 is 1.19 bits per heavy atom. The average molecular weight is 711 g/mol. The monoisotopic (exact) mass is 710 g/mol. The molecule has 0 bridgehead atoms. The molecule has 1 aliphatic rings. The van der Waals surface area contributed by atoms with E-state index < -0.39 is 17.6 Å². The highest BCUT2D eigenvalue weighted by molar-refractivity contribution is 7.80. The molecule has 2 atom stereocenters. The average Bonchev–Trinajstić information content (AvgIpc) is 3.03. The molecule has 0 aromatic heterocycles. The van der Waals surface area contributed by atoms with Crippen LogP contribution in [0.15, 0.2) is 0 Å². The fourth-order valence-corrected chi connectivity index (χ4v) is 8.45. The summed E-state index contributed by atoms with van der Waals surface area (Å²) in [4.78, 5) is 4.03. The summed E-state index contributed by atoms with van der Waals surface area (Å²) < 4.78 is 56.2. The summed E-state index contributed by atoms with van der Waals surface area (Å²) in [5, 5.41) is 0.857. The van der Waals surface area contributed by atoms with Gasteiger partial charge in [0.1, 0.15) is 12.2 Å². The van der Waals surface area contributed by atoms with E-state index in [0.717, 1.165) is 12.8 Å². The van der Waals surface area contributed by atoms with Gasteiger partial charge in [-0.3, -0.25) is 0 Å². The summed E-state index contributed by atoms with van der Waals surface area (Å²) >= 11 is 19.9. The van der Waals surface area contributed by atoms with Crippen molar-refractivity contribution in [2.24, 2.45) is 0 Å². The normalized spacial score (nSPS) is 15.9. The molecule has 1 saturated heterocycles. The SMILES string of the molecule is CO[Si](CCCOCC(CS)OC(=S)N1CCN(C(=S)OC(CS)COCCC[Si](OC)(OC)OC)CC1)(OC)OC. The van der Waals surface area contributed by atoms with Gasteiger partial charge in [0.2, 0.25) is 0 Å². The van der Waals surface area contributed by atoms with Crippen LogP contribution in [0.1, 0.15) is 12.8 Å². The lowest BCUT2D eigenvalue weighted by molar-refractivity contribution is 0.0378. The Kier molecular flexibility index (Phi) is 21.7. The molecular formula is C24H50N2O10S4Si2. The smallest absolute Gasteiger partial charge is 0.464 e. The fourth-order valence-electron chi connectivity index (χ4n) is 4.08. The minimum atomic E-state index is -2.59. The first kappa shape index (κ1) is 40.2. The molecule has 0 aliphatic carbocycles. The lowest BCUT2D eigenvalue weighted by Crippen LogP contribution is -2.52. The van der Waals surface area contributed by atoms with Crippen LogP contribution in [0, 0.1) is 0 Å². The first-order valence-electron chi connectivity index (χ1n) is 13.8. The van der Waals surface area contributed by atoms with Gasteiger partial charge in [-0.05, 0) is 37.3 Å². The predicted octanol–water partition coefficient (Wildman–Crippen LogP) is 2.37. The van der Waals surface area contributed by atoms with Crippen molar-refractivity contribution in [3.8, 4) is 0 Å². The lowest BCUT2D eigenvalue weighted by Gasteiger charge is -2.37. The number of hydrogen-bond acceptors (Lipinski definition) is 14. The summed E-state index contributed by atoms with van der Waals surface area (Å²) in [6.45, 7) is 4.45. The number of ether oxygens (including phenoxy) is 4. The van der Waals surface area contributed by atoms with Gasteiger partial charge in [-0.2, -0.15) is 25.3 Å². The highest BCUT2D eigenvalue weighted by Crippen LogP contribution is 2.16. The molecule has 1 fully saturated rings. The first-order valence-corrected chi connectivity index (χ1v) is 19.7. The Morgan fingerprint density at radius 2 is 0.929 bits per heavy atom. The topological polar surface area (TPSA) is 98.8 Å². The molecule has 18 heteroatoms. The number of thiol groups is 2. The van der Waals surface area contributed by atoms with Gasteiger partial charge in [-0.25, -0.2) is 0 Å². The molecule has 12 nitrogen and oxygen atoms in total. The lowest BCUT2D eigenvalue weighted by atomic mass is 10.3. The van der Waals surface area contributed by atoms with Gasteiger partial charge in [0.05, 0.1) is 13.2 Å². The maximum absolute atomic E-state index is 5.99. The van der Waals surface area contributed by atoms with Crippen molar-refractivity contribution in [1.82, 2.24) is 9.80 Å². The molecule has 42 heavy (non-hydrogen) atoms. The molecule has 0 saturated carbocycles. The second kappa shape index (κ2) is 22.7. The number of rotatable bonds is 22. The Morgan fingerprint density at radius 1 is 0.619 bits per heavy atom. The standard InChI is InChI=1S/C24H50N2O10S4Si2/c1-27-41(28-2,29-3)15-7-13-33-17-21(19-37)35-23(39)25-9-11-26(12-10-25)24(40)36-22(20-38)18-34-14-8-16-42(30-4,31-5)32-6/h21-22,37-38H,7-20H2,1-6H3. The van der Waals surface area contributed by atoms with E-state index >= 15 is 0 Å². The molecule has 1 aliphatic heterocycles. The summed E-state index contributed by atoms with van der Waals surface area (Å²) in [5.74, 6) is 0.956. The Bertz CT molecular complexity index is 676. The van der Waals surface area contributed by atoms with Crippen LogP contribution in [0.2, 0.25) is 12.1 Å². The van der Waals surface area contributed by atoms with Crippen LogP contribution in [0.25, 0.3) is 0 Å². The van der Waals surface area contributed by atoms with Crippen LogP contribution in [-0.4, -0.2) is 157 Å². The Balaban J connectivity index is 2.34. The van der Waals surface area contributed by atoms with Gasteiger partial charge in [0.15, 0.2) is 0 Å². The molecule has 1 heterocycles. The van der Waals surface area contributed by atoms with Gasteiger partial charge >= 0.3 is 17.6 Å². The quantitative estimate of drug-likeness (QED) is 0.0745. The molecular weight excluding hydrogens is 661 g/mol. The minimum Gasteiger partial charge on any atom is -0.464 e. The maximum atomic E-state index is 5.99. The van der Waals surface area contributed by atoms with Crippen LogP contribution in [0.4, 0.5) is 0 Å². The van der Waals surface area contributed by atoms with Crippen molar-refractivity contribution >= 4 is 77.7 Å². The molecule has 0 amide bonds. The van der Waals surface area contributed by atoms with Crippen LogP contribution in [-0.2, 0) is 45.5 Å². The van der Waals surface area contributed by atoms with Crippen molar-refractivity contribution in [2.45, 2.75) is 37.1 Å². The van der Waals surface area contributed by atoms with Gasteiger partial charge in [0.25, 0.3) is 10.3 Å². The van der Waals surface area contributed by atoms with E-state index in [0.29, 0.717) is 86.5 Å². The third-order valence-electron chi connectivity index (χ3n) is 6.76. The molecule has 0 aromatic carbocycles. The largest absolute Gasteiger partial charge is 0.500 e. The Labute approximate surface area is 275 Å². The molecule has 248 valence electrons. The third kappa shape index (κ3) is 14.1. The summed E-state index contributed by atoms with van der Waals surface area (Å²) in [6.07, 6.45) is 0.973. The first-order chi connectivity index (χ1) is 20.2. The second-order valence-corrected chi connectivity index (χ2v) is 16.9. The van der Waals surface area contributed by atoms with E-state index in [9.17, 15) is 0 Å². The minimum absolute atomic E-state index is 0.258. The van der Waals surface area contributed by atoms with Gasteiger partial charge in [0, 0.05) is 106 Å². The molecule has 2 unspecified atom stereocenters. The van der Waals surface area contributed by atoms with E-state index in [-0.39, 0.29) is 12.2 Å². The zero-order chi connectivity index (χ0) is 31.4. The zero-order valence-corrected chi connectivity index (χ0v) is 31.2. The highest BCUT2D eigenvalue weighted by atomic mass is 32.1. The van der Waals surface area contributed by atoms with Gasteiger partial charge in [-0.1, -0.05) is 0 Å². The number of piperazine rings is 1. The molecule has 0 radical (unpaired) electrons. The van der Waals surface area contributed by atoms with Crippen molar-refractivity contribution in [1.29, 1.82) is 0 Å². The van der Waals surface area contributed by atoms with E-state index in [1.165, 1.54) is 0 Å². The van der Waals surface area contributed by atoms with Crippen molar-refractivity contribution < 1.29 is 45.5 Å². The fraction of sp³-hybridized carbons (Fsp3) is 0.917. The highest BCUT2D eigenvalue weighted by Gasteiger charge is 2.37. The molecule has 1 rings (SSSR count). The van der Waals surface area contributed by atoms with E-state index in [1.807, 2.05) is 9.80 Å². The van der Waals surface area contributed by atoms with E-state index in [4.69, 9.17) is 69.9 Å².